The van der Waals surface area contributed by atoms with Crippen LogP contribution in [0.25, 0.3) is 22.1 Å². The Labute approximate surface area is 322 Å². The van der Waals surface area contributed by atoms with Gasteiger partial charge < -0.3 is 50.2 Å². The number of nitrogens with zero attached hydrogens (tertiary/aromatic N) is 5. The van der Waals surface area contributed by atoms with Crippen LogP contribution in [0, 0.1) is 17.8 Å². The van der Waals surface area contributed by atoms with Gasteiger partial charge in [-0.3, -0.25) is 4.79 Å². The molecule has 0 saturated carbocycles. The highest BCUT2D eigenvalue weighted by Crippen LogP contribution is 2.32. The number of fused-ring (bicyclic) bond motifs is 2. The lowest BCUT2D eigenvalue weighted by atomic mass is 9.99. The van der Waals surface area contributed by atoms with Crippen LogP contribution in [0.2, 0.25) is 0 Å². The normalized spacial score (nSPS) is 14.2. The molecule has 4 aromatic rings. The number of benzene rings is 2. The van der Waals surface area contributed by atoms with Crippen LogP contribution in [-0.4, -0.2) is 81.5 Å². The first kappa shape index (κ1) is 41.5. The molecule has 2 aromatic heterocycles. The number of nitrogens with two attached hydrogens (primary N) is 3. The minimum absolute atomic E-state index is 0. The summed E-state index contributed by atoms with van der Waals surface area (Å²) in [5.41, 5.74) is 20.2. The van der Waals surface area contributed by atoms with E-state index < -0.39 is 17.5 Å². The summed E-state index contributed by atoms with van der Waals surface area (Å²) < 4.78 is 25.5. The molecular weight excluding hydrogens is 804 g/mol. The van der Waals surface area contributed by atoms with Crippen molar-refractivity contribution in [1.82, 2.24) is 24.0 Å². The number of likely N-dealkylation sites (tertiary alicyclic amines) is 1. The fraction of sp³-hybridized carbons (Fsp3) is 0.400. The van der Waals surface area contributed by atoms with Crippen LogP contribution in [0.3, 0.4) is 0 Å². The third-order valence-electron chi connectivity index (χ3n) is 8.02. The molecule has 0 bridgehead atoms. The maximum atomic E-state index is 12.5. The van der Waals surface area contributed by atoms with Gasteiger partial charge in [0.2, 0.25) is 17.8 Å². The number of aromatic nitrogens is 4. The fourth-order valence-electron chi connectivity index (χ4n) is 5.76. The molecule has 15 nitrogen and oxygen atoms in total. The number of anilines is 2. The molecule has 52 heavy (non-hydrogen) atoms. The number of amides is 2. The number of piperidine rings is 1. The Balaban J connectivity index is 0.00000364. The number of ether oxygens (including phenoxy) is 4. The lowest BCUT2D eigenvalue weighted by molar-refractivity contribution is 0.0190. The van der Waals surface area contributed by atoms with Gasteiger partial charge in [-0.1, -0.05) is 24.0 Å². The summed E-state index contributed by atoms with van der Waals surface area (Å²) in [6.45, 7) is 7.27. The minimum Gasteiger partial charge on any atom is -0.494 e. The number of hydrogen-bond acceptors (Lipinski definition) is 11. The van der Waals surface area contributed by atoms with E-state index in [2.05, 4.69) is 21.8 Å². The molecule has 2 aromatic carbocycles. The van der Waals surface area contributed by atoms with Gasteiger partial charge in [0, 0.05) is 37.7 Å². The highest BCUT2D eigenvalue weighted by Gasteiger charge is 2.27. The lowest BCUT2D eigenvalue weighted by Crippen LogP contribution is -2.42. The van der Waals surface area contributed by atoms with E-state index in [0.29, 0.717) is 65.3 Å². The molecule has 6 N–H and O–H groups in total. The Morgan fingerprint density at radius 3 is 2.06 bits per heavy atom. The summed E-state index contributed by atoms with van der Waals surface area (Å²) in [6.07, 6.45) is 5.08. The number of allylic oxidation sites excluding steroid dienone is 2. The maximum absolute atomic E-state index is 12.5. The SMILES string of the molecule is Br.Br.COC(=O)c1cc(OC)c2c(c1)nc(N)n2C/C=C/Cn1c(N)nc2cc(C(N)=O)cc(OCC#CC3CCCN(C(=O)OC(C)(C)C)C3)c21. The van der Waals surface area contributed by atoms with Crippen molar-refractivity contribution in [3.05, 3.63) is 47.5 Å². The van der Waals surface area contributed by atoms with Crippen LogP contribution >= 0.6 is 34.0 Å². The van der Waals surface area contributed by atoms with E-state index in [4.69, 9.17) is 36.1 Å². The van der Waals surface area contributed by atoms with Crippen molar-refractivity contribution < 1.29 is 33.3 Å². The molecule has 3 heterocycles. The third-order valence-corrected chi connectivity index (χ3v) is 8.02. The first-order valence-corrected chi connectivity index (χ1v) is 16.0. The first-order chi connectivity index (χ1) is 23.8. The zero-order valence-electron chi connectivity index (χ0n) is 29.6. The molecule has 1 atom stereocenters. The van der Waals surface area contributed by atoms with E-state index in [-0.39, 0.29) is 70.0 Å². The van der Waals surface area contributed by atoms with Crippen molar-refractivity contribution in [2.24, 2.45) is 11.7 Å². The minimum atomic E-state index is -0.639. The molecule has 5 rings (SSSR count). The molecule has 1 aliphatic rings. The quantitative estimate of drug-likeness (QED) is 0.118. The first-order valence-electron chi connectivity index (χ1n) is 16.0. The van der Waals surface area contributed by atoms with Crippen molar-refractivity contribution in [3.8, 4) is 23.3 Å². The Morgan fingerprint density at radius 1 is 0.923 bits per heavy atom. The molecular formula is C35H44Br2N8O7. The summed E-state index contributed by atoms with van der Waals surface area (Å²) in [6, 6.07) is 6.28. The molecule has 0 spiro atoms. The maximum Gasteiger partial charge on any atom is 0.410 e. The van der Waals surface area contributed by atoms with Gasteiger partial charge in [0.05, 0.1) is 30.8 Å². The van der Waals surface area contributed by atoms with Crippen LogP contribution in [0.5, 0.6) is 11.5 Å². The van der Waals surface area contributed by atoms with Crippen molar-refractivity contribution in [1.29, 1.82) is 0 Å². The van der Waals surface area contributed by atoms with Crippen LogP contribution in [-0.2, 0) is 22.6 Å². The van der Waals surface area contributed by atoms with Gasteiger partial charge in [0.1, 0.15) is 34.7 Å². The van der Waals surface area contributed by atoms with E-state index in [1.165, 1.54) is 14.2 Å². The number of rotatable bonds is 9. The second kappa shape index (κ2) is 17.5. The number of carbonyl (C=O) groups excluding carboxylic acids is 3. The van der Waals surface area contributed by atoms with Crippen molar-refractivity contribution >= 4 is 85.9 Å². The molecule has 0 aliphatic carbocycles. The number of carbonyl (C=O) groups is 3. The standard InChI is InChI=1S/C35H42N8O7.2BrH/c1-35(2,3)50-34(46)41-12-8-10-21(20-41)11-9-15-49-27-18-22(30(36)44)16-24-29(27)43(33(38)39-24)14-7-6-13-42-28-25(40-32(42)37)17-23(31(45)48-5)19-26(28)47-4;;/h6-7,16-19,21H,8,10,12-15,20H2,1-5H3,(H2,36,44)(H2,37,40)(H2,38,39);2*1H/b7-6+;;. The number of primary amides is 1. The van der Waals surface area contributed by atoms with Crippen LogP contribution < -0.4 is 26.7 Å². The van der Waals surface area contributed by atoms with Gasteiger partial charge in [-0.2, -0.15) is 0 Å². The number of imidazole rings is 2. The Kier molecular flexibility index (Phi) is 14.0. The molecule has 1 saturated heterocycles. The van der Waals surface area contributed by atoms with Gasteiger partial charge in [-0.25, -0.2) is 19.6 Å². The Morgan fingerprint density at radius 2 is 1.50 bits per heavy atom. The van der Waals surface area contributed by atoms with Crippen molar-refractivity contribution in [3.63, 3.8) is 0 Å². The van der Waals surface area contributed by atoms with E-state index in [1.807, 2.05) is 32.9 Å². The van der Waals surface area contributed by atoms with Gasteiger partial charge in [-0.15, -0.1) is 34.0 Å². The molecule has 17 heteroatoms. The van der Waals surface area contributed by atoms with E-state index in [1.54, 1.807) is 38.3 Å². The molecule has 1 aliphatic heterocycles. The zero-order valence-corrected chi connectivity index (χ0v) is 33.1. The fourth-order valence-corrected chi connectivity index (χ4v) is 5.76. The number of halogens is 2. The lowest BCUT2D eigenvalue weighted by Gasteiger charge is -2.32. The molecule has 1 fully saturated rings. The number of esters is 1. The highest BCUT2D eigenvalue weighted by atomic mass is 79.9. The van der Waals surface area contributed by atoms with Crippen LogP contribution in [0.4, 0.5) is 16.7 Å². The van der Waals surface area contributed by atoms with E-state index in [9.17, 15) is 14.4 Å². The topological polar surface area (TPSA) is 205 Å². The van der Waals surface area contributed by atoms with Gasteiger partial charge in [0.25, 0.3) is 0 Å². The largest absolute Gasteiger partial charge is 0.494 e. The second-order valence-corrected chi connectivity index (χ2v) is 12.8. The Hall–Kier alpha value is -4.95. The Bertz CT molecular complexity index is 2040. The average molecular weight is 849 g/mol. The number of nitrogen functional groups attached to an aromatic ring is 2. The third kappa shape index (κ3) is 9.48. The van der Waals surface area contributed by atoms with Crippen molar-refractivity contribution in [2.75, 3.05) is 45.4 Å². The number of methoxy groups -OCH3 is 2. The molecule has 1 unspecified atom stereocenters. The number of hydrogen-bond donors (Lipinski definition) is 3. The van der Waals surface area contributed by atoms with Gasteiger partial charge in [-0.05, 0) is 57.9 Å². The summed E-state index contributed by atoms with van der Waals surface area (Å²) >= 11 is 0. The smallest absolute Gasteiger partial charge is 0.410 e. The summed E-state index contributed by atoms with van der Waals surface area (Å²) in [5, 5.41) is 0. The molecule has 2 amide bonds. The summed E-state index contributed by atoms with van der Waals surface area (Å²) in [4.78, 5) is 47.3. The molecule has 280 valence electrons. The molecule has 0 radical (unpaired) electrons. The van der Waals surface area contributed by atoms with Crippen LogP contribution in [0.1, 0.15) is 54.3 Å². The summed E-state index contributed by atoms with van der Waals surface area (Å²) in [5.74, 6) is 6.30. The predicted molar refractivity (Wildman–Crippen MR) is 208 cm³/mol. The van der Waals surface area contributed by atoms with Gasteiger partial charge in [0.15, 0.2) is 0 Å². The van der Waals surface area contributed by atoms with Gasteiger partial charge >= 0.3 is 12.1 Å². The second-order valence-electron chi connectivity index (χ2n) is 12.8. The monoisotopic (exact) mass is 846 g/mol. The van der Waals surface area contributed by atoms with Crippen molar-refractivity contribution in [2.45, 2.75) is 52.3 Å². The predicted octanol–water partition coefficient (Wildman–Crippen LogP) is 4.89. The summed E-state index contributed by atoms with van der Waals surface area (Å²) in [7, 11) is 2.80. The highest BCUT2D eigenvalue weighted by molar-refractivity contribution is 8.93. The average Bonchev–Trinajstić information content (AvgIpc) is 3.57. The zero-order chi connectivity index (χ0) is 36.2. The van der Waals surface area contributed by atoms with E-state index in [0.717, 1.165) is 12.8 Å². The van der Waals surface area contributed by atoms with E-state index >= 15 is 0 Å². The van der Waals surface area contributed by atoms with Crippen LogP contribution in [0.15, 0.2) is 36.4 Å².